The van der Waals surface area contributed by atoms with E-state index in [4.69, 9.17) is 17.4 Å². The minimum atomic E-state index is -0.716. The second-order valence-corrected chi connectivity index (χ2v) is 8.75. The number of ketones is 1. The molecule has 0 aliphatic heterocycles. The van der Waals surface area contributed by atoms with E-state index in [0.717, 1.165) is 23.4 Å². The topological polar surface area (TPSA) is 44.1 Å². The number of nitrogens with zero attached hydrogens (tertiary/aromatic N) is 2. The van der Waals surface area contributed by atoms with Crippen LogP contribution in [0.2, 0.25) is 0 Å². The molecule has 1 aromatic heterocycles. The van der Waals surface area contributed by atoms with Gasteiger partial charge in [0, 0.05) is 18.2 Å². The Hall–Kier alpha value is 0.462. The number of Topliss-reactive ketones (excluding diaryl/α,β-unsaturated/α-hetero) is 1. The van der Waals surface area contributed by atoms with E-state index < -0.39 is 4.75 Å². The molecule has 0 unspecified atom stereocenters. The number of hydrogen-bond donors (Lipinski definition) is 0. The number of ether oxygens (including phenoxy) is 1. The SMILES string of the molecule is CC(C)(C)OCCn1ccc(-c2ccc(CC(=O)C(C)(C)[S-])cc2)n1.[Cs+]. The van der Waals surface area contributed by atoms with E-state index in [1.807, 2.05) is 62.0 Å². The summed E-state index contributed by atoms with van der Waals surface area (Å²) in [5.74, 6) is 0.0679. The zero-order chi connectivity index (χ0) is 18.7. The fourth-order valence-corrected chi connectivity index (χ4v) is 2.35. The summed E-state index contributed by atoms with van der Waals surface area (Å²) in [5.41, 5.74) is 2.79. The molecule has 136 valence electrons. The first kappa shape index (κ1) is 24.5. The Bertz CT molecular complexity index is 713. The van der Waals surface area contributed by atoms with Crippen molar-refractivity contribution >= 4 is 18.4 Å². The molecule has 1 heterocycles. The van der Waals surface area contributed by atoms with Gasteiger partial charge >= 0.3 is 68.9 Å². The average molecular weight is 492 g/mol. The van der Waals surface area contributed by atoms with Crippen molar-refractivity contribution in [2.75, 3.05) is 6.61 Å². The maximum absolute atomic E-state index is 12.0. The van der Waals surface area contributed by atoms with Crippen LogP contribution in [0.1, 0.15) is 40.2 Å². The summed E-state index contributed by atoms with van der Waals surface area (Å²) in [6.45, 7) is 11.0. The van der Waals surface area contributed by atoms with Crippen molar-refractivity contribution < 1.29 is 78.4 Å². The van der Waals surface area contributed by atoms with Crippen molar-refractivity contribution in [2.24, 2.45) is 0 Å². The van der Waals surface area contributed by atoms with Gasteiger partial charge in [-0.2, -0.15) is 5.10 Å². The quantitative estimate of drug-likeness (QED) is 0.537. The first-order valence-corrected chi connectivity index (χ1v) is 8.96. The molecule has 0 aliphatic carbocycles. The number of benzene rings is 1. The molecule has 2 rings (SSSR count). The number of carbonyl (C=O) groups excluding carboxylic acids is 1. The first-order valence-electron chi connectivity index (χ1n) is 8.55. The molecule has 1 aromatic carbocycles. The van der Waals surface area contributed by atoms with Crippen LogP contribution in [0.5, 0.6) is 0 Å². The van der Waals surface area contributed by atoms with Crippen LogP contribution in [-0.4, -0.2) is 32.5 Å². The molecule has 0 bridgehead atoms. The normalized spacial score (nSPS) is 11.9. The van der Waals surface area contributed by atoms with Crippen molar-refractivity contribution in [3.8, 4) is 11.3 Å². The van der Waals surface area contributed by atoms with Gasteiger partial charge in [0.15, 0.2) is 0 Å². The summed E-state index contributed by atoms with van der Waals surface area (Å²) in [4.78, 5) is 12.0. The van der Waals surface area contributed by atoms with Crippen LogP contribution in [0.15, 0.2) is 36.5 Å². The Kier molecular flexibility index (Phi) is 9.71. The van der Waals surface area contributed by atoms with Gasteiger partial charge in [0.1, 0.15) is 5.78 Å². The summed E-state index contributed by atoms with van der Waals surface area (Å²) < 4.78 is 6.90. The molecular weight excluding hydrogens is 465 g/mol. The number of rotatable bonds is 7. The summed E-state index contributed by atoms with van der Waals surface area (Å²) >= 11 is 5.20. The van der Waals surface area contributed by atoms with E-state index >= 15 is 0 Å². The largest absolute Gasteiger partial charge is 1.00 e. The number of aromatic nitrogens is 2. The van der Waals surface area contributed by atoms with Crippen LogP contribution in [0.3, 0.4) is 0 Å². The molecule has 0 radical (unpaired) electrons. The van der Waals surface area contributed by atoms with Crippen LogP contribution in [-0.2, 0) is 35.1 Å². The molecule has 0 N–H and O–H groups in total. The average Bonchev–Trinajstić information content (AvgIpc) is 2.94. The van der Waals surface area contributed by atoms with Gasteiger partial charge in [-0.15, -0.1) is 0 Å². The van der Waals surface area contributed by atoms with Crippen molar-refractivity contribution in [1.82, 2.24) is 9.78 Å². The van der Waals surface area contributed by atoms with E-state index in [1.165, 1.54) is 0 Å². The summed E-state index contributed by atoms with van der Waals surface area (Å²) in [6, 6.07) is 9.92. The molecule has 26 heavy (non-hydrogen) atoms. The zero-order valence-electron chi connectivity index (χ0n) is 16.7. The predicted octanol–water partition coefficient (Wildman–Crippen LogP) is 0.806. The third-order valence-corrected chi connectivity index (χ3v) is 4.01. The molecule has 0 atom stereocenters. The maximum atomic E-state index is 12.0. The van der Waals surface area contributed by atoms with Crippen molar-refractivity contribution in [1.29, 1.82) is 0 Å². The van der Waals surface area contributed by atoms with E-state index in [2.05, 4.69) is 5.10 Å². The van der Waals surface area contributed by atoms with Gasteiger partial charge in [-0.3, -0.25) is 4.68 Å². The maximum Gasteiger partial charge on any atom is 1.00 e. The summed E-state index contributed by atoms with van der Waals surface area (Å²) in [5, 5.41) is 4.58. The van der Waals surface area contributed by atoms with Crippen LogP contribution in [0.4, 0.5) is 0 Å². The van der Waals surface area contributed by atoms with Crippen LogP contribution < -0.4 is 68.9 Å². The monoisotopic (exact) mass is 492 g/mol. The fourth-order valence-electron chi connectivity index (χ4n) is 2.28. The Morgan fingerprint density at radius 3 is 2.27 bits per heavy atom. The van der Waals surface area contributed by atoms with E-state index in [1.54, 1.807) is 13.8 Å². The van der Waals surface area contributed by atoms with Gasteiger partial charge in [0.25, 0.3) is 0 Å². The predicted molar refractivity (Wildman–Crippen MR) is 104 cm³/mol. The third-order valence-electron chi connectivity index (χ3n) is 3.78. The minimum absolute atomic E-state index is 0. The molecular formula is C20H27CsN2O2S. The Morgan fingerprint density at radius 2 is 1.73 bits per heavy atom. The first-order chi connectivity index (χ1) is 11.5. The summed E-state index contributed by atoms with van der Waals surface area (Å²) in [6.07, 6.45) is 2.33. The fraction of sp³-hybridized carbons (Fsp3) is 0.500. The van der Waals surface area contributed by atoms with Gasteiger partial charge in [-0.25, -0.2) is 0 Å². The van der Waals surface area contributed by atoms with Gasteiger partial charge < -0.3 is 22.2 Å². The molecule has 0 saturated carbocycles. The van der Waals surface area contributed by atoms with Crippen LogP contribution >= 0.6 is 0 Å². The second-order valence-electron chi connectivity index (χ2n) is 7.73. The summed E-state index contributed by atoms with van der Waals surface area (Å²) in [7, 11) is 0. The molecule has 0 fully saturated rings. The Labute approximate surface area is 221 Å². The van der Waals surface area contributed by atoms with E-state index in [-0.39, 0.29) is 80.3 Å². The smallest absolute Gasteiger partial charge is 0.779 e. The van der Waals surface area contributed by atoms with Crippen molar-refractivity contribution in [3.05, 3.63) is 42.1 Å². The molecule has 2 aromatic rings. The third kappa shape index (κ3) is 8.22. The van der Waals surface area contributed by atoms with Gasteiger partial charge in [0.2, 0.25) is 0 Å². The second kappa shape index (κ2) is 10.3. The van der Waals surface area contributed by atoms with E-state index in [0.29, 0.717) is 13.0 Å². The Balaban J connectivity index is 0.00000338. The minimum Gasteiger partial charge on any atom is -0.779 e. The Morgan fingerprint density at radius 1 is 1.12 bits per heavy atom. The van der Waals surface area contributed by atoms with Crippen molar-refractivity contribution in [3.63, 3.8) is 0 Å². The molecule has 4 nitrogen and oxygen atoms in total. The number of hydrogen-bond acceptors (Lipinski definition) is 4. The van der Waals surface area contributed by atoms with Gasteiger partial charge in [-0.05, 0) is 32.4 Å². The zero-order valence-corrected chi connectivity index (χ0v) is 23.8. The molecule has 0 aliphatic rings. The van der Waals surface area contributed by atoms with Crippen molar-refractivity contribution in [2.45, 2.75) is 57.9 Å². The van der Waals surface area contributed by atoms with Gasteiger partial charge in [-0.1, -0.05) is 42.9 Å². The van der Waals surface area contributed by atoms with Crippen LogP contribution in [0.25, 0.3) is 11.3 Å². The van der Waals surface area contributed by atoms with E-state index in [9.17, 15) is 4.79 Å². The molecule has 0 spiro atoms. The standard InChI is InChI=1S/C20H28N2O2S.Cs/c1-19(2,3)24-13-12-22-11-10-17(21-22)16-8-6-15(7-9-16)14-18(23)20(4,5)25;/h6-11,25H,12-14H2,1-5H3;/q;+1/p-1. The van der Waals surface area contributed by atoms with Gasteiger partial charge in [0.05, 0.1) is 24.4 Å². The molecule has 0 saturated heterocycles. The van der Waals surface area contributed by atoms with Crippen LogP contribution in [0, 0.1) is 0 Å². The molecule has 6 heteroatoms. The number of carbonyl (C=O) groups is 1. The molecule has 0 amide bonds.